The number of tetrazole rings is 1. The summed E-state index contributed by atoms with van der Waals surface area (Å²) in [6, 6.07) is 17.0. The van der Waals surface area contributed by atoms with E-state index in [-0.39, 0.29) is 24.5 Å². The third-order valence-electron chi connectivity index (χ3n) is 4.67. The van der Waals surface area contributed by atoms with E-state index in [0.29, 0.717) is 12.2 Å². The summed E-state index contributed by atoms with van der Waals surface area (Å²) in [7, 11) is 1.64. The highest BCUT2D eigenvalue weighted by Gasteiger charge is 2.30. The highest BCUT2D eigenvalue weighted by Crippen LogP contribution is 2.25. The molecule has 1 saturated heterocycles. The standard InChI is InChI=1S/C19H21N7O2/c1-28-15-9-5-6-13(10-15)16-11-17(22-21-16)19(27)20-12-18-23-24-25-26(18)14-7-3-2-4-8-14/h2-10,16-17,21-22H,11-12H2,1H3,(H,20,27). The van der Waals surface area contributed by atoms with Gasteiger partial charge in [-0.3, -0.25) is 4.79 Å². The van der Waals surface area contributed by atoms with Crippen LogP contribution in [0.3, 0.4) is 0 Å². The number of hydrazine groups is 1. The molecule has 1 amide bonds. The zero-order valence-corrected chi connectivity index (χ0v) is 15.4. The third-order valence-corrected chi connectivity index (χ3v) is 4.67. The maximum absolute atomic E-state index is 12.6. The fraction of sp³-hybridized carbons (Fsp3) is 0.263. The van der Waals surface area contributed by atoms with Crippen LogP contribution in [0.2, 0.25) is 0 Å². The molecule has 2 heterocycles. The molecule has 9 nitrogen and oxygen atoms in total. The van der Waals surface area contributed by atoms with Gasteiger partial charge >= 0.3 is 0 Å². The average molecular weight is 379 g/mol. The number of hydrogen-bond acceptors (Lipinski definition) is 7. The SMILES string of the molecule is COc1cccc(C2CC(C(=O)NCc3nnnn3-c3ccccc3)NN2)c1. The number of carbonyl (C=O) groups excluding carboxylic acids is 1. The number of benzene rings is 2. The van der Waals surface area contributed by atoms with E-state index < -0.39 is 0 Å². The van der Waals surface area contributed by atoms with Crippen LogP contribution >= 0.6 is 0 Å². The zero-order valence-electron chi connectivity index (χ0n) is 15.4. The highest BCUT2D eigenvalue weighted by molar-refractivity contribution is 5.82. The van der Waals surface area contributed by atoms with Crippen LogP contribution in [0.25, 0.3) is 5.69 Å². The van der Waals surface area contributed by atoms with Crippen LogP contribution in [0.4, 0.5) is 0 Å². The molecule has 0 spiro atoms. The van der Waals surface area contributed by atoms with Crippen molar-refractivity contribution < 1.29 is 9.53 Å². The number of aromatic nitrogens is 4. The Balaban J connectivity index is 1.36. The van der Waals surface area contributed by atoms with Crippen LogP contribution in [0.1, 0.15) is 23.9 Å². The molecule has 1 fully saturated rings. The molecule has 2 atom stereocenters. The molecule has 0 saturated carbocycles. The molecular formula is C19H21N7O2. The Morgan fingerprint density at radius 1 is 1.21 bits per heavy atom. The van der Waals surface area contributed by atoms with E-state index >= 15 is 0 Å². The summed E-state index contributed by atoms with van der Waals surface area (Å²) < 4.78 is 6.88. The number of hydrogen-bond donors (Lipinski definition) is 3. The predicted molar refractivity (Wildman–Crippen MR) is 101 cm³/mol. The minimum absolute atomic E-state index is 0.0282. The quantitative estimate of drug-likeness (QED) is 0.584. The number of rotatable bonds is 6. The summed E-state index contributed by atoms with van der Waals surface area (Å²) in [5.41, 5.74) is 8.14. The Hall–Kier alpha value is -3.30. The van der Waals surface area contributed by atoms with Gasteiger partial charge in [-0.2, -0.15) is 4.68 Å². The van der Waals surface area contributed by atoms with Gasteiger partial charge in [-0.25, -0.2) is 10.9 Å². The van der Waals surface area contributed by atoms with Gasteiger partial charge < -0.3 is 10.1 Å². The fourth-order valence-corrected chi connectivity index (χ4v) is 3.18. The second kappa shape index (κ2) is 8.15. The smallest absolute Gasteiger partial charge is 0.238 e. The van der Waals surface area contributed by atoms with Crippen LogP contribution in [-0.4, -0.2) is 39.3 Å². The molecule has 3 N–H and O–H groups in total. The molecule has 0 radical (unpaired) electrons. The normalized spacial score (nSPS) is 18.8. The van der Waals surface area contributed by atoms with Crippen molar-refractivity contribution in [2.24, 2.45) is 0 Å². The number of nitrogens with zero attached hydrogens (tertiary/aromatic N) is 4. The average Bonchev–Trinajstić information content (AvgIpc) is 3.42. The fourth-order valence-electron chi connectivity index (χ4n) is 3.18. The molecule has 9 heteroatoms. The van der Waals surface area contributed by atoms with Crippen LogP contribution in [0.5, 0.6) is 5.75 Å². The topological polar surface area (TPSA) is 106 Å². The lowest BCUT2D eigenvalue weighted by molar-refractivity contribution is -0.123. The van der Waals surface area contributed by atoms with Crippen molar-refractivity contribution in [2.45, 2.75) is 25.0 Å². The van der Waals surface area contributed by atoms with Crippen LogP contribution < -0.4 is 20.9 Å². The minimum Gasteiger partial charge on any atom is -0.497 e. The first-order valence-electron chi connectivity index (χ1n) is 9.00. The largest absolute Gasteiger partial charge is 0.497 e. The second-order valence-corrected chi connectivity index (χ2v) is 6.47. The summed E-state index contributed by atoms with van der Waals surface area (Å²) in [4.78, 5) is 12.6. The van der Waals surface area contributed by atoms with Crippen LogP contribution in [0, 0.1) is 0 Å². The van der Waals surface area contributed by atoms with Crippen molar-refractivity contribution in [1.29, 1.82) is 0 Å². The molecule has 1 aliphatic rings. The summed E-state index contributed by atoms with van der Waals surface area (Å²) in [5.74, 6) is 1.25. The van der Waals surface area contributed by atoms with Gasteiger partial charge in [0.2, 0.25) is 5.91 Å². The Kier molecular flexibility index (Phi) is 5.27. The molecule has 2 unspecified atom stereocenters. The van der Waals surface area contributed by atoms with Crippen molar-refractivity contribution in [3.63, 3.8) is 0 Å². The van der Waals surface area contributed by atoms with Gasteiger partial charge in [0, 0.05) is 6.04 Å². The van der Waals surface area contributed by atoms with E-state index in [1.54, 1.807) is 11.8 Å². The number of para-hydroxylation sites is 1. The summed E-state index contributed by atoms with van der Waals surface area (Å²) in [5, 5.41) is 14.6. The molecule has 144 valence electrons. The molecule has 4 rings (SSSR count). The van der Waals surface area contributed by atoms with E-state index in [1.165, 1.54) is 0 Å². The van der Waals surface area contributed by atoms with Gasteiger partial charge in [0.25, 0.3) is 0 Å². The van der Waals surface area contributed by atoms with Gasteiger partial charge in [0.15, 0.2) is 5.82 Å². The Morgan fingerprint density at radius 2 is 2.07 bits per heavy atom. The minimum atomic E-state index is -0.350. The molecule has 28 heavy (non-hydrogen) atoms. The maximum atomic E-state index is 12.6. The van der Waals surface area contributed by atoms with Crippen molar-refractivity contribution >= 4 is 5.91 Å². The third kappa shape index (κ3) is 3.85. The Bertz CT molecular complexity index is 944. The molecule has 2 aromatic carbocycles. The van der Waals surface area contributed by atoms with Crippen molar-refractivity contribution in [1.82, 2.24) is 36.4 Å². The van der Waals surface area contributed by atoms with Crippen molar-refractivity contribution in [3.05, 3.63) is 66.0 Å². The van der Waals surface area contributed by atoms with Gasteiger partial charge in [0.05, 0.1) is 19.3 Å². The molecule has 0 aliphatic carbocycles. The van der Waals surface area contributed by atoms with Crippen LogP contribution in [-0.2, 0) is 11.3 Å². The number of amides is 1. The van der Waals surface area contributed by atoms with Crippen LogP contribution in [0.15, 0.2) is 54.6 Å². The first kappa shape index (κ1) is 18.1. The first-order valence-corrected chi connectivity index (χ1v) is 9.00. The highest BCUT2D eigenvalue weighted by atomic mass is 16.5. The number of ether oxygens (including phenoxy) is 1. The second-order valence-electron chi connectivity index (χ2n) is 6.47. The van der Waals surface area contributed by atoms with Gasteiger partial charge in [-0.15, -0.1) is 5.10 Å². The Labute approximate surface area is 162 Å². The van der Waals surface area contributed by atoms with E-state index in [1.807, 2.05) is 54.6 Å². The van der Waals surface area contributed by atoms with Crippen molar-refractivity contribution in [2.75, 3.05) is 7.11 Å². The summed E-state index contributed by atoms with van der Waals surface area (Å²) in [6.07, 6.45) is 0.628. The van der Waals surface area contributed by atoms with E-state index in [9.17, 15) is 4.79 Å². The summed E-state index contributed by atoms with van der Waals surface area (Å²) in [6.45, 7) is 0.239. The number of nitrogens with one attached hydrogen (secondary N) is 3. The van der Waals surface area contributed by atoms with Gasteiger partial charge in [-0.1, -0.05) is 30.3 Å². The molecule has 3 aromatic rings. The molecular weight excluding hydrogens is 358 g/mol. The summed E-state index contributed by atoms with van der Waals surface area (Å²) >= 11 is 0. The van der Waals surface area contributed by atoms with Gasteiger partial charge in [-0.05, 0) is 46.7 Å². The Morgan fingerprint density at radius 3 is 2.89 bits per heavy atom. The molecule has 0 bridgehead atoms. The number of carbonyl (C=O) groups is 1. The number of methoxy groups -OCH3 is 1. The van der Waals surface area contributed by atoms with Crippen molar-refractivity contribution in [3.8, 4) is 11.4 Å². The zero-order chi connectivity index (χ0) is 19.3. The monoisotopic (exact) mass is 379 g/mol. The molecule has 1 aliphatic heterocycles. The lowest BCUT2D eigenvalue weighted by Crippen LogP contribution is -2.43. The van der Waals surface area contributed by atoms with E-state index in [0.717, 1.165) is 17.0 Å². The van der Waals surface area contributed by atoms with E-state index in [2.05, 4.69) is 31.7 Å². The predicted octanol–water partition coefficient (Wildman–Crippen LogP) is 0.895. The van der Waals surface area contributed by atoms with E-state index in [4.69, 9.17) is 4.74 Å². The molecule has 1 aromatic heterocycles. The first-order chi connectivity index (χ1) is 13.7. The maximum Gasteiger partial charge on any atom is 0.238 e. The lowest BCUT2D eigenvalue weighted by atomic mass is 10.0. The van der Waals surface area contributed by atoms with Gasteiger partial charge in [0.1, 0.15) is 11.8 Å². The lowest BCUT2D eigenvalue weighted by Gasteiger charge is -2.11.